The lowest BCUT2D eigenvalue weighted by Crippen LogP contribution is -2.21. The van der Waals surface area contributed by atoms with Crippen molar-refractivity contribution >= 4 is 0 Å². The zero-order valence-corrected chi connectivity index (χ0v) is 11.3. The second kappa shape index (κ2) is 8.13. The molecule has 0 saturated heterocycles. The fourth-order valence-corrected chi connectivity index (χ4v) is 1.61. The van der Waals surface area contributed by atoms with Gasteiger partial charge in [0.25, 0.3) is 0 Å². The minimum atomic E-state index is 0.518. The highest BCUT2D eigenvalue weighted by molar-refractivity contribution is 5.28. The lowest BCUT2D eigenvalue weighted by molar-refractivity contribution is 0.306. The molecule has 0 aromatic heterocycles. The third-order valence-electron chi connectivity index (χ3n) is 2.63. The second-order valence-electron chi connectivity index (χ2n) is 4.74. The van der Waals surface area contributed by atoms with Gasteiger partial charge in [-0.25, -0.2) is 0 Å². The molecule has 0 aliphatic heterocycles. The summed E-state index contributed by atoms with van der Waals surface area (Å²) in [6.07, 6.45) is 3.63. The van der Waals surface area contributed by atoms with Crippen molar-refractivity contribution in [2.75, 3.05) is 6.61 Å². The van der Waals surface area contributed by atoms with E-state index >= 15 is 0 Å². The Labute approximate surface area is 105 Å². The summed E-state index contributed by atoms with van der Waals surface area (Å²) in [7, 11) is 0. The van der Waals surface area contributed by atoms with Crippen LogP contribution in [0.25, 0.3) is 0 Å². The summed E-state index contributed by atoms with van der Waals surface area (Å²) in [6, 6.07) is 8.87. The minimum Gasteiger partial charge on any atom is -0.494 e. The Morgan fingerprint density at radius 1 is 1.24 bits per heavy atom. The van der Waals surface area contributed by atoms with Gasteiger partial charge in [-0.2, -0.15) is 0 Å². The van der Waals surface area contributed by atoms with Gasteiger partial charge >= 0.3 is 0 Å². The van der Waals surface area contributed by atoms with Crippen LogP contribution in [0.4, 0.5) is 0 Å². The minimum absolute atomic E-state index is 0.518. The predicted molar refractivity (Wildman–Crippen MR) is 73.4 cm³/mol. The van der Waals surface area contributed by atoms with E-state index in [9.17, 15) is 0 Å². The molecule has 0 fully saturated rings. The molecular weight excluding hydrogens is 210 g/mol. The van der Waals surface area contributed by atoms with Gasteiger partial charge in [-0.15, -0.1) is 0 Å². The van der Waals surface area contributed by atoms with Crippen LogP contribution in [-0.2, 0) is 6.54 Å². The summed E-state index contributed by atoms with van der Waals surface area (Å²) in [6.45, 7) is 8.26. The Morgan fingerprint density at radius 3 is 2.76 bits per heavy atom. The molecule has 0 aliphatic carbocycles. The van der Waals surface area contributed by atoms with Crippen LogP contribution in [-0.4, -0.2) is 12.6 Å². The largest absolute Gasteiger partial charge is 0.494 e. The number of hydrogen-bond acceptors (Lipinski definition) is 2. The Morgan fingerprint density at radius 2 is 2.06 bits per heavy atom. The number of nitrogens with one attached hydrogen (secondary N) is 1. The first-order valence-electron chi connectivity index (χ1n) is 6.67. The lowest BCUT2D eigenvalue weighted by atomic mass is 10.2. The molecule has 1 rings (SSSR count). The van der Waals surface area contributed by atoms with E-state index in [1.807, 2.05) is 6.07 Å². The molecule has 2 nitrogen and oxygen atoms in total. The molecule has 2 heteroatoms. The molecule has 1 aromatic carbocycles. The molecule has 1 aromatic rings. The number of benzene rings is 1. The standard InChI is InChI=1S/C15H25NO/c1-4-5-6-10-17-15-9-7-8-14(11-15)12-16-13(2)3/h7-9,11,13,16H,4-6,10,12H2,1-3H3. The van der Waals surface area contributed by atoms with Crippen LogP contribution in [0, 0.1) is 0 Å². The van der Waals surface area contributed by atoms with Crippen molar-refractivity contribution < 1.29 is 4.74 Å². The summed E-state index contributed by atoms with van der Waals surface area (Å²) in [4.78, 5) is 0. The van der Waals surface area contributed by atoms with Gasteiger partial charge in [0.15, 0.2) is 0 Å². The Hall–Kier alpha value is -1.02. The van der Waals surface area contributed by atoms with E-state index in [2.05, 4.69) is 44.3 Å². The van der Waals surface area contributed by atoms with Gasteiger partial charge in [0.1, 0.15) is 5.75 Å². The van der Waals surface area contributed by atoms with E-state index in [-0.39, 0.29) is 0 Å². The highest BCUT2D eigenvalue weighted by Crippen LogP contribution is 2.14. The molecule has 96 valence electrons. The number of rotatable bonds is 8. The monoisotopic (exact) mass is 235 g/mol. The zero-order chi connectivity index (χ0) is 12.5. The van der Waals surface area contributed by atoms with E-state index in [4.69, 9.17) is 4.74 Å². The second-order valence-corrected chi connectivity index (χ2v) is 4.74. The van der Waals surface area contributed by atoms with Gasteiger partial charge < -0.3 is 10.1 Å². The zero-order valence-electron chi connectivity index (χ0n) is 11.3. The van der Waals surface area contributed by atoms with Crippen LogP contribution < -0.4 is 10.1 Å². The third kappa shape index (κ3) is 6.32. The van der Waals surface area contributed by atoms with Crippen LogP contribution >= 0.6 is 0 Å². The Bertz CT molecular complexity index is 310. The highest BCUT2D eigenvalue weighted by atomic mass is 16.5. The van der Waals surface area contributed by atoms with E-state index in [0.717, 1.165) is 25.3 Å². The summed E-state index contributed by atoms with van der Waals surface area (Å²) in [5, 5.41) is 3.41. The van der Waals surface area contributed by atoms with Crippen molar-refractivity contribution in [1.82, 2.24) is 5.32 Å². The topological polar surface area (TPSA) is 21.3 Å². The molecular formula is C15H25NO. The quantitative estimate of drug-likeness (QED) is 0.693. The van der Waals surface area contributed by atoms with Crippen molar-refractivity contribution in [3.8, 4) is 5.75 Å². The van der Waals surface area contributed by atoms with Gasteiger partial charge in [-0.1, -0.05) is 45.7 Å². The van der Waals surface area contributed by atoms with Gasteiger partial charge in [0.2, 0.25) is 0 Å². The first kappa shape index (κ1) is 14.0. The van der Waals surface area contributed by atoms with Crippen LogP contribution in [0.15, 0.2) is 24.3 Å². The summed E-state index contributed by atoms with van der Waals surface area (Å²) < 4.78 is 5.73. The molecule has 17 heavy (non-hydrogen) atoms. The summed E-state index contributed by atoms with van der Waals surface area (Å²) >= 11 is 0. The first-order chi connectivity index (χ1) is 8.22. The molecule has 0 unspecified atom stereocenters. The van der Waals surface area contributed by atoms with Crippen molar-refractivity contribution in [2.24, 2.45) is 0 Å². The SMILES string of the molecule is CCCCCOc1cccc(CNC(C)C)c1. The van der Waals surface area contributed by atoms with Crippen LogP contribution in [0.5, 0.6) is 5.75 Å². The maximum atomic E-state index is 5.73. The van der Waals surface area contributed by atoms with Crippen molar-refractivity contribution in [3.05, 3.63) is 29.8 Å². The number of unbranched alkanes of at least 4 members (excludes halogenated alkanes) is 2. The molecule has 0 spiro atoms. The van der Waals surface area contributed by atoms with Gasteiger partial charge in [-0.05, 0) is 24.1 Å². The van der Waals surface area contributed by atoms with E-state index in [1.165, 1.54) is 18.4 Å². The molecule has 1 N–H and O–H groups in total. The van der Waals surface area contributed by atoms with E-state index < -0.39 is 0 Å². The lowest BCUT2D eigenvalue weighted by Gasteiger charge is -2.10. The van der Waals surface area contributed by atoms with Crippen molar-refractivity contribution in [2.45, 2.75) is 52.6 Å². The molecule has 0 saturated carbocycles. The average molecular weight is 235 g/mol. The molecule has 0 aliphatic rings. The van der Waals surface area contributed by atoms with Crippen molar-refractivity contribution in [3.63, 3.8) is 0 Å². The fraction of sp³-hybridized carbons (Fsp3) is 0.600. The van der Waals surface area contributed by atoms with Crippen LogP contribution in [0.3, 0.4) is 0 Å². The maximum Gasteiger partial charge on any atom is 0.119 e. The fourth-order valence-electron chi connectivity index (χ4n) is 1.61. The third-order valence-corrected chi connectivity index (χ3v) is 2.63. The normalized spacial score (nSPS) is 10.8. The van der Waals surface area contributed by atoms with Gasteiger partial charge in [0.05, 0.1) is 6.61 Å². The Kier molecular flexibility index (Phi) is 6.71. The van der Waals surface area contributed by atoms with Crippen molar-refractivity contribution in [1.29, 1.82) is 0 Å². The smallest absolute Gasteiger partial charge is 0.119 e. The molecule has 0 heterocycles. The van der Waals surface area contributed by atoms with E-state index in [1.54, 1.807) is 0 Å². The van der Waals surface area contributed by atoms with Gasteiger partial charge in [0, 0.05) is 12.6 Å². The van der Waals surface area contributed by atoms with Crippen LogP contribution in [0.2, 0.25) is 0 Å². The predicted octanol–water partition coefficient (Wildman–Crippen LogP) is 3.75. The highest BCUT2D eigenvalue weighted by Gasteiger charge is 1.98. The molecule has 0 bridgehead atoms. The molecule has 0 atom stereocenters. The first-order valence-corrected chi connectivity index (χ1v) is 6.67. The Balaban J connectivity index is 2.37. The number of hydrogen-bond donors (Lipinski definition) is 1. The number of ether oxygens (including phenoxy) is 1. The summed E-state index contributed by atoms with van der Waals surface area (Å²) in [5.74, 6) is 0.990. The van der Waals surface area contributed by atoms with Crippen LogP contribution in [0.1, 0.15) is 45.6 Å². The van der Waals surface area contributed by atoms with E-state index in [0.29, 0.717) is 6.04 Å². The maximum absolute atomic E-state index is 5.73. The average Bonchev–Trinajstić information content (AvgIpc) is 2.33. The van der Waals surface area contributed by atoms with Gasteiger partial charge in [-0.3, -0.25) is 0 Å². The molecule has 0 radical (unpaired) electrons. The molecule has 0 amide bonds. The summed E-state index contributed by atoms with van der Waals surface area (Å²) in [5.41, 5.74) is 1.28.